The van der Waals surface area contributed by atoms with Gasteiger partial charge in [0.25, 0.3) is 0 Å². The second kappa shape index (κ2) is 8.50. The number of carbonyl (C=O) groups is 1. The number of hydrogen-bond donors (Lipinski definition) is 0. The molecule has 1 fully saturated rings. The first-order chi connectivity index (χ1) is 12.9. The summed E-state index contributed by atoms with van der Waals surface area (Å²) in [5.74, 6) is 3.21. The van der Waals surface area contributed by atoms with E-state index in [1.807, 2.05) is 24.6 Å². The molecule has 0 aliphatic heterocycles. The molecule has 0 unspecified atom stereocenters. The normalized spacial score (nSPS) is 23.0. The fraction of sp³-hybridized carbons (Fsp3) is 0.650. The largest absolute Gasteiger partial charge is 0.469 e. The number of esters is 1. The number of rotatable bonds is 6. The minimum atomic E-state index is -0.172. The van der Waals surface area contributed by atoms with Gasteiger partial charge < -0.3 is 13.7 Å². The summed E-state index contributed by atoms with van der Waals surface area (Å²) in [4.78, 5) is 12.4. The maximum Gasteiger partial charge on any atom is 0.316 e. The van der Waals surface area contributed by atoms with E-state index in [-0.39, 0.29) is 17.8 Å². The Morgan fingerprint density at radius 1 is 1.41 bits per heavy atom. The van der Waals surface area contributed by atoms with Gasteiger partial charge in [-0.2, -0.15) is 0 Å². The number of aromatic nitrogens is 3. The molecule has 1 saturated carbocycles. The van der Waals surface area contributed by atoms with Crippen LogP contribution in [-0.2, 0) is 16.6 Å². The Labute approximate surface area is 165 Å². The lowest BCUT2D eigenvalue weighted by Gasteiger charge is -2.36. The molecule has 7 heteroatoms. The van der Waals surface area contributed by atoms with Crippen molar-refractivity contribution in [3.8, 4) is 11.4 Å². The Kier molecular flexibility index (Phi) is 6.29. The first kappa shape index (κ1) is 20.0. The molecule has 0 amide bonds. The first-order valence-corrected chi connectivity index (χ1v) is 10.6. The number of furan rings is 1. The maximum atomic E-state index is 12.4. The molecule has 0 spiro atoms. The van der Waals surface area contributed by atoms with Gasteiger partial charge in [0.1, 0.15) is 11.9 Å². The Morgan fingerprint density at radius 2 is 2.19 bits per heavy atom. The van der Waals surface area contributed by atoms with Gasteiger partial charge in [0, 0.05) is 7.05 Å². The summed E-state index contributed by atoms with van der Waals surface area (Å²) in [6.45, 7) is 8.57. The van der Waals surface area contributed by atoms with Crippen LogP contribution in [-0.4, -0.2) is 32.6 Å². The van der Waals surface area contributed by atoms with Gasteiger partial charge in [-0.05, 0) is 43.6 Å². The van der Waals surface area contributed by atoms with Crippen LogP contribution in [0, 0.1) is 24.7 Å². The molecule has 0 radical (unpaired) electrons. The van der Waals surface area contributed by atoms with Crippen LogP contribution in [0.5, 0.6) is 0 Å². The molecule has 0 saturated heterocycles. The number of aryl methyl sites for hydroxylation is 1. The van der Waals surface area contributed by atoms with E-state index in [4.69, 9.17) is 9.15 Å². The van der Waals surface area contributed by atoms with E-state index in [0.29, 0.717) is 22.9 Å². The number of hydrogen-bond acceptors (Lipinski definition) is 6. The van der Waals surface area contributed by atoms with E-state index in [2.05, 4.69) is 31.0 Å². The molecule has 1 aliphatic rings. The van der Waals surface area contributed by atoms with Crippen LogP contribution in [0.1, 0.15) is 45.8 Å². The van der Waals surface area contributed by atoms with Crippen molar-refractivity contribution in [2.45, 2.75) is 58.2 Å². The van der Waals surface area contributed by atoms with Crippen molar-refractivity contribution in [3.63, 3.8) is 0 Å². The third kappa shape index (κ3) is 4.57. The van der Waals surface area contributed by atoms with Crippen LogP contribution < -0.4 is 0 Å². The highest BCUT2D eigenvalue weighted by atomic mass is 32.2. The summed E-state index contributed by atoms with van der Waals surface area (Å²) >= 11 is 1.36. The highest BCUT2D eigenvalue weighted by molar-refractivity contribution is 7.99. The van der Waals surface area contributed by atoms with Crippen molar-refractivity contribution in [3.05, 3.63) is 18.1 Å². The average Bonchev–Trinajstić information content (AvgIpc) is 3.18. The molecule has 6 nitrogen and oxygen atoms in total. The number of carbonyl (C=O) groups excluding carboxylic acids is 1. The average molecular weight is 392 g/mol. The summed E-state index contributed by atoms with van der Waals surface area (Å²) < 4.78 is 13.1. The van der Waals surface area contributed by atoms with Gasteiger partial charge in [-0.3, -0.25) is 4.79 Å². The van der Waals surface area contributed by atoms with Gasteiger partial charge >= 0.3 is 5.97 Å². The van der Waals surface area contributed by atoms with E-state index in [0.717, 1.165) is 30.0 Å². The van der Waals surface area contributed by atoms with Crippen molar-refractivity contribution in [1.29, 1.82) is 0 Å². The van der Waals surface area contributed by atoms with E-state index in [1.165, 1.54) is 18.2 Å². The lowest BCUT2D eigenvalue weighted by atomic mass is 9.75. The lowest BCUT2D eigenvalue weighted by molar-refractivity contribution is -0.152. The quantitative estimate of drug-likeness (QED) is 0.534. The maximum absolute atomic E-state index is 12.4. The minimum absolute atomic E-state index is 0.0329. The number of thioether (sulfide) groups is 1. The fourth-order valence-electron chi connectivity index (χ4n) is 3.87. The molecule has 2 heterocycles. The second-order valence-electron chi connectivity index (χ2n) is 7.90. The summed E-state index contributed by atoms with van der Waals surface area (Å²) in [6.07, 6.45) is 5.00. The summed E-state index contributed by atoms with van der Waals surface area (Å²) in [7, 11) is 1.90. The second-order valence-corrected chi connectivity index (χ2v) is 8.84. The third-order valence-corrected chi connectivity index (χ3v) is 6.49. The smallest absolute Gasteiger partial charge is 0.316 e. The molecule has 3 atom stereocenters. The zero-order valence-corrected chi connectivity index (χ0v) is 17.6. The van der Waals surface area contributed by atoms with Crippen molar-refractivity contribution >= 4 is 17.7 Å². The van der Waals surface area contributed by atoms with E-state index < -0.39 is 0 Å². The zero-order valence-electron chi connectivity index (χ0n) is 16.8. The topological polar surface area (TPSA) is 70.2 Å². The predicted octanol–water partition coefficient (Wildman–Crippen LogP) is 4.48. The van der Waals surface area contributed by atoms with E-state index >= 15 is 0 Å². The number of ether oxygens (including phenoxy) is 1. The third-order valence-electron chi connectivity index (χ3n) is 5.50. The summed E-state index contributed by atoms with van der Waals surface area (Å²) in [6, 6.07) is 1.87. The van der Waals surface area contributed by atoms with Gasteiger partial charge in [-0.1, -0.05) is 39.0 Å². The van der Waals surface area contributed by atoms with E-state index in [1.54, 1.807) is 6.26 Å². The molecular weight excluding hydrogens is 362 g/mol. The molecule has 0 N–H and O–H groups in total. The van der Waals surface area contributed by atoms with Crippen LogP contribution in [0.3, 0.4) is 0 Å². The lowest BCUT2D eigenvalue weighted by Crippen LogP contribution is -2.36. The Bertz CT molecular complexity index is 783. The van der Waals surface area contributed by atoms with Gasteiger partial charge in [-0.15, -0.1) is 10.2 Å². The van der Waals surface area contributed by atoms with Crippen molar-refractivity contribution in [2.75, 3.05) is 5.75 Å². The highest BCUT2D eigenvalue weighted by Gasteiger charge is 2.33. The number of nitrogens with zero attached hydrogens (tertiary/aromatic N) is 3. The molecule has 2 aromatic rings. The van der Waals surface area contributed by atoms with Gasteiger partial charge in [0.15, 0.2) is 11.0 Å². The van der Waals surface area contributed by atoms with Crippen molar-refractivity contribution in [2.24, 2.45) is 24.8 Å². The molecule has 2 aromatic heterocycles. The zero-order chi connectivity index (χ0) is 19.6. The first-order valence-electron chi connectivity index (χ1n) is 9.63. The van der Waals surface area contributed by atoms with Gasteiger partial charge in [-0.25, -0.2) is 0 Å². The molecule has 1 aliphatic carbocycles. The van der Waals surface area contributed by atoms with Crippen LogP contribution >= 0.6 is 11.8 Å². The fourth-order valence-corrected chi connectivity index (χ4v) is 4.56. The minimum Gasteiger partial charge on any atom is -0.469 e. The van der Waals surface area contributed by atoms with Gasteiger partial charge in [0.2, 0.25) is 0 Å². The standard InChI is InChI=1S/C20H29N3O3S/c1-12(2)15-7-6-13(3)10-17(15)26-18(24)11-27-20-22-21-19(23(20)5)16-8-9-25-14(16)4/h8-9,12-13,15,17H,6-7,10-11H2,1-5H3/t13-,15+,17+/m0/s1. The van der Waals surface area contributed by atoms with Crippen LogP contribution in [0.25, 0.3) is 11.4 Å². The summed E-state index contributed by atoms with van der Waals surface area (Å²) in [5.41, 5.74) is 0.912. The molecule has 0 aromatic carbocycles. The Morgan fingerprint density at radius 3 is 2.85 bits per heavy atom. The molecule has 0 bridgehead atoms. The van der Waals surface area contributed by atoms with Crippen molar-refractivity contribution in [1.82, 2.24) is 14.8 Å². The van der Waals surface area contributed by atoms with Crippen LogP contribution in [0.15, 0.2) is 21.9 Å². The Balaban J connectivity index is 1.59. The van der Waals surface area contributed by atoms with Crippen LogP contribution in [0.4, 0.5) is 0 Å². The predicted molar refractivity (Wildman–Crippen MR) is 105 cm³/mol. The van der Waals surface area contributed by atoms with Crippen LogP contribution in [0.2, 0.25) is 0 Å². The van der Waals surface area contributed by atoms with Gasteiger partial charge in [0.05, 0.1) is 17.6 Å². The molecular formula is C20H29N3O3S. The molecule has 148 valence electrons. The SMILES string of the molecule is Cc1occc1-c1nnc(SCC(=O)O[C@@H]2C[C@@H](C)CC[C@@H]2C(C)C)n1C. The van der Waals surface area contributed by atoms with Crippen molar-refractivity contribution < 1.29 is 13.9 Å². The van der Waals surface area contributed by atoms with E-state index in [9.17, 15) is 4.79 Å². The highest BCUT2D eigenvalue weighted by Crippen LogP contribution is 2.35. The Hall–Kier alpha value is -1.76. The summed E-state index contributed by atoms with van der Waals surface area (Å²) in [5, 5.41) is 9.15. The monoisotopic (exact) mass is 391 g/mol. The molecule has 27 heavy (non-hydrogen) atoms. The molecule has 3 rings (SSSR count).